The monoisotopic (exact) mass is 484 g/mol. The van der Waals surface area contributed by atoms with Crippen molar-refractivity contribution in [1.29, 1.82) is 0 Å². The predicted molar refractivity (Wildman–Crippen MR) is 101 cm³/mol. The highest BCUT2D eigenvalue weighted by Gasteiger charge is 2.57. The Labute approximate surface area is 184 Å². The zero-order valence-corrected chi connectivity index (χ0v) is 17.6. The van der Waals surface area contributed by atoms with Crippen molar-refractivity contribution in [3.05, 3.63) is 29.6 Å². The first-order chi connectivity index (χ1) is 15.1. The average Bonchev–Trinajstić information content (AvgIpc) is 2.82. The number of carbonyl (C=O) groups excluding carboxylic acids is 3. The summed E-state index contributed by atoms with van der Waals surface area (Å²) in [6.45, 7) is -0.601. The minimum Gasteiger partial charge on any atom is -0.487 e. The average molecular weight is 484 g/mol. The number of rotatable bonds is 7. The Hall–Kier alpha value is -2.83. The van der Waals surface area contributed by atoms with Crippen LogP contribution in [-0.2, 0) is 20.8 Å². The van der Waals surface area contributed by atoms with E-state index in [9.17, 15) is 45.8 Å². The minimum atomic E-state index is -5.90. The van der Waals surface area contributed by atoms with Gasteiger partial charge in [0, 0.05) is 25.0 Å². The second kappa shape index (κ2) is 9.57. The number of aliphatic hydroxyl groups is 1. The molecule has 0 fully saturated rings. The zero-order valence-electron chi connectivity index (χ0n) is 17.6. The summed E-state index contributed by atoms with van der Waals surface area (Å²) >= 11 is 0. The van der Waals surface area contributed by atoms with Gasteiger partial charge in [-0.25, -0.2) is 4.39 Å². The summed E-state index contributed by atoms with van der Waals surface area (Å²) < 4.78 is 82.3. The summed E-state index contributed by atoms with van der Waals surface area (Å²) in [5.41, 5.74) is -1.97. The molecule has 1 aliphatic rings. The molecule has 2 rings (SSSR count). The van der Waals surface area contributed by atoms with Crippen LogP contribution in [0.1, 0.15) is 25.8 Å². The van der Waals surface area contributed by atoms with E-state index in [-0.39, 0.29) is 24.2 Å². The van der Waals surface area contributed by atoms with E-state index in [1.165, 1.54) is 11.4 Å². The van der Waals surface area contributed by atoms with Gasteiger partial charge in [0.1, 0.15) is 29.1 Å². The van der Waals surface area contributed by atoms with E-state index in [4.69, 9.17) is 4.74 Å². The van der Waals surface area contributed by atoms with Crippen LogP contribution in [0, 0.1) is 11.2 Å². The molecule has 3 N–H and O–H groups in total. The van der Waals surface area contributed by atoms with Crippen LogP contribution >= 0.6 is 0 Å². The molecular weight excluding hydrogens is 462 g/mol. The molecule has 0 aromatic heterocycles. The first-order valence-corrected chi connectivity index (χ1v) is 9.72. The number of Topliss-reactive ketones (excluding diaryl/α,β-unsaturated/α-hetero) is 1. The van der Waals surface area contributed by atoms with E-state index in [1.807, 2.05) is 0 Å². The molecule has 0 saturated heterocycles. The lowest BCUT2D eigenvalue weighted by Gasteiger charge is -2.30. The Balaban J connectivity index is 2.18. The molecule has 33 heavy (non-hydrogen) atoms. The van der Waals surface area contributed by atoms with Gasteiger partial charge in [-0.2, -0.15) is 22.0 Å². The Bertz CT molecular complexity index is 919. The number of carbonyl (C=O) groups is 3. The number of benzene rings is 1. The molecule has 0 saturated carbocycles. The van der Waals surface area contributed by atoms with Gasteiger partial charge in [-0.05, 0) is 32.0 Å². The van der Waals surface area contributed by atoms with E-state index < -0.39 is 66.2 Å². The Morgan fingerprint density at radius 2 is 1.79 bits per heavy atom. The van der Waals surface area contributed by atoms with Crippen molar-refractivity contribution in [2.24, 2.45) is 5.41 Å². The standard InChI is InChI=1S/C20H22F6N2O5/c1-18(2,16(31)27-9-19(22,23)20(24,25)26)17(32)28-15-12(30)8-10-7-11(21)3-4-13(10)33-14(15)5-6-29/h3-4,7,14-15,29H,5-6,8-9H2,1-2H3,(H,27,31)(H,28,32)/t14-,15+/m1/s1. The Morgan fingerprint density at radius 3 is 2.36 bits per heavy atom. The number of ketones is 1. The van der Waals surface area contributed by atoms with E-state index in [1.54, 1.807) is 0 Å². The fraction of sp³-hybridized carbons (Fsp3) is 0.550. The molecule has 1 aromatic carbocycles. The van der Waals surface area contributed by atoms with Crippen molar-refractivity contribution < 1.29 is 50.6 Å². The van der Waals surface area contributed by atoms with E-state index in [2.05, 4.69) is 5.32 Å². The van der Waals surface area contributed by atoms with Gasteiger partial charge >= 0.3 is 12.1 Å². The SMILES string of the molecule is CC(C)(C(=O)NCC(F)(F)C(F)(F)F)C(=O)N[C@H]1C(=O)Cc2cc(F)ccc2O[C@@H]1CCO. The normalized spacial score (nSPS) is 19.2. The van der Waals surface area contributed by atoms with Gasteiger partial charge in [0.25, 0.3) is 0 Å². The number of amides is 2. The van der Waals surface area contributed by atoms with Crippen LogP contribution in [0.15, 0.2) is 18.2 Å². The van der Waals surface area contributed by atoms with Crippen LogP contribution in [0.25, 0.3) is 0 Å². The van der Waals surface area contributed by atoms with Crippen molar-refractivity contribution in [3.63, 3.8) is 0 Å². The fourth-order valence-corrected chi connectivity index (χ4v) is 3.00. The molecule has 7 nitrogen and oxygen atoms in total. The second-order valence-electron chi connectivity index (χ2n) is 8.02. The van der Waals surface area contributed by atoms with Crippen molar-refractivity contribution in [3.8, 4) is 5.75 Å². The van der Waals surface area contributed by atoms with Crippen LogP contribution in [-0.4, -0.2) is 60.1 Å². The van der Waals surface area contributed by atoms with Crippen molar-refractivity contribution in [1.82, 2.24) is 10.6 Å². The quantitative estimate of drug-likeness (QED) is 0.405. The second-order valence-corrected chi connectivity index (χ2v) is 8.02. The van der Waals surface area contributed by atoms with E-state index in [0.29, 0.717) is 0 Å². The van der Waals surface area contributed by atoms with Gasteiger partial charge in [-0.3, -0.25) is 14.4 Å². The number of nitrogens with one attached hydrogen (secondary N) is 2. The van der Waals surface area contributed by atoms with Crippen molar-refractivity contribution in [2.45, 2.75) is 50.9 Å². The number of fused-ring (bicyclic) bond motifs is 1. The Kier molecular flexibility index (Phi) is 7.67. The molecule has 1 aromatic rings. The van der Waals surface area contributed by atoms with Gasteiger partial charge in [-0.1, -0.05) is 0 Å². The van der Waals surface area contributed by atoms with Crippen molar-refractivity contribution >= 4 is 17.6 Å². The molecule has 2 atom stereocenters. The van der Waals surface area contributed by atoms with Gasteiger partial charge in [0.15, 0.2) is 5.78 Å². The largest absolute Gasteiger partial charge is 0.487 e. The summed E-state index contributed by atoms with van der Waals surface area (Å²) in [4.78, 5) is 37.7. The van der Waals surface area contributed by atoms with Crippen LogP contribution in [0.2, 0.25) is 0 Å². The number of alkyl halides is 5. The molecule has 184 valence electrons. The molecule has 2 amide bonds. The highest BCUT2D eigenvalue weighted by molar-refractivity contribution is 6.05. The van der Waals surface area contributed by atoms with Crippen molar-refractivity contribution in [2.75, 3.05) is 13.2 Å². The third kappa shape index (κ3) is 5.95. The third-order valence-corrected chi connectivity index (χ3v) is 5.11. The van der Waals surface area contributed by atoms with Gasteiger partial charge in [-0.15, -0.1) is 0 Å². The predicted octanol–water partition coefficient (Wildman–Crippen LogP) is 1.91. The number of halogens is 6. The summed E-state index contributed by atoms with van der Waals surface area (Å²) in [7, 11) is 0. The maximum Gasteiger partial charge on any atom is 0.455 e. The molecule has 13 heteroatoms. The number of ether oxygens (including phenoxy) is 1. The van der Waals surface area contributed by atoms with Crippen LogP contribution < -0.4 is 15.4 Å². The summed E-state index contributed by atoms with van der Waals surface area (Å²) in [5, 5.41) is 13.0. The number of hydrogen-bond donors (Lipinski definition) is 3. The minimum absolute atomic E-state index is 0.141. The fourth-order valence-electron chi connectivity index (χ4n) is 3.00. The molecular formula is C20H22F6N2O5. The van der Waals surface area contributed by atoms with E-state index >= 15 is 0 Å². The van der Waals surface area contributed by atoms with Crippen LogP contribution in [0.4, 0.5) is 26.3 Å². The smallest absolute Gasteiger partial charge is 0.455 e. The summed E-state index contributed by atoms with van der Waals surface area (Å²) in [6.07, 6.45) is -7.52. The molecule has 1 aliphatic heterocycles. The first-order valence-electron chi connectivity index (χ1n) is 9.72. The van der Waals surface area contributed by atoms with Crippen LogP contribution in [0.5, 0.6) is 5.75 Å². The Morgan fingerprint density at radius 1 is 1.15 bits per heavy atom. The third-order valence-electron chi connectivity index (χ3n) is 5.11. The molecule has 0 bridgehead atoms. The first kappa shape index (κ1) is 26.4. The lowest BCUT2D eigenvalue weighted by Crippen LogP contribution is -2.58. The summed E-state index contributed by atoms with van der Waals surface area (Å²) in [6, 6.07) is 2.00. The number of aliphatic hydroxyl groups excluding tert-OH is 1. The topological polar surface area (TPSA) is 105 Å². The lowest BCUT2D eigenvalue weighted by atomic mass is 9.89. The maximum atomic E-state index is 13.5. The number of hydrogen-bond acceptors (Lipinski definition) is 5. The van der Waals surface area contributed by atoms with Gasteiger partial charge in [0.2, 0.25) is 11.8 Å². The van der Waals surface area contributed by atoms with Gasteiger partial charge in [0.05, 0.1) is 6.54 Å². The van der Waals surface area contributed by atoms with Crippen LogP contribution in [0.3, 0.4) is 0 Å². The summed E-state index contributed by atoms with van der Waals surface area (Å²) in [5.74, 6) is -8.95. The molecule has 0 unspecified atom stereocenters. The maximum absolute atomic E-state index is 13.5. The lowest BCUT2D eigenvalue weighted by molar-refractivity contribution is -0.278. The molecule has 0 spiro atoms. The van der Waals surface area contributed by atoms with Gasteiger partial charge < -0.3 is 20.5 Å². The molecule has 0 radical (unpaired) electrons. The highest BCUT2D eigenvalue weighted by Crippen LogP contribution is 2.35. The van der Waals surface area contributed by atoms with E-state index in [0.717, 1.165) is 26.0 Å². The zero-order chi connectivity index (χ0) is 25.2. The highest BCUT2D eigenvalue weighted by atomic mass is 19.4. The molecule has 1 heterocycles. The molecule has 0 aliphatic carbocycles.